The van der Waals surface area contributed by atoms with E-state index >= 15 is 0 Å². The summed E-state index contributed by atoms with van der Waals surface area (Å²) in [5.41, 5.74) is 0.905. The number of hydrogen-bond acceptors (Lipinski definition) is 5. The Morgan fingerprint density at radius 3 is 2.56 bits per heavy atom. The highest BCUT2D eigenvalue weighted by Gasteiger charge is 2.37. The number of benzene rings is 3. The summed E-state index contributed by atoms with van der Waals surface area (Å²) in [6, 6.07) is 14.5. The molecule has 1 N–H and O–H groups in total. The third kappa shape index (κ3) is 5.42. The minimum Gasteiger partial charge on any atom is -0.490 e. The zero-order valence-electron chi connectivity index (χ0n) is 18.9. The SMILES string of the molecule is CCOc1cc(/C=C2\C(=O)NC(=O)N(c3cccc(F)c3)C2=O)cc(Br)c1OCc1ccccc1Cl. The van der Waals surface area contributed by atoms with Gasteiger partial charge in [0.05, 0.1) is 16.8 Å². The monoisotopic (exact) mass is 572 g/mol. The Morgan fingerprint density at radius 1 is 1.06 bits per heavy atom. The van der Waals surface area contributed by atoms with Crippen molar-refractivity contribution in [2.75, 3.05) is 11.5 Å². The second kappa shape index (κ2) is 10.9. The number of hydrogen-bond donors (Lipinski definition) is 1. The number of nitrogens with zero attached hydrogens (tertiary/aromatic N) is 1. The lowest BCUT2D eigenvalue weighted by molar-refractivity contribution is -0.122. The van der Waals surface area contributed by atoms with Gasteiger partial charge in [0, 0.05) is 10.6 Å². The summed E-state index contributed by atoms with van der Waals surface area (Å²) in [6.45, 7) is 2.32. The molecule has 0 aromatic heterocycles. The maximum absolute atomic E-state index is 13.7. The number of halogens is 3. The molecule has 4 rings (SSSR count). The highest BCUT2D eigenvalue weighted by atomic mass is 79.9. The van der Waals surface area contributed by atoms with E-state index in [-0.39, 0.29) is 17.9 Å². The average Bonchev–Trinajstić information content (AvgIpc) is 2.82. The quantitative estimate of drug-likeness (QED) is 0.282. The maximum atomic E-state index is 13.7. The summed E-state index contributed by atoms with van der Waals surface area (Å²) >= 11 is 9.68. The zero-order valence-corrected chi connectivity index (χ0v) is 21.2. The van der Waals surface area contributed by atoms with E-state index in [1.807, 2.05) is 18.2 Å². The minimum absolute atomic E-state index is 0.00425. The standard InChI is InChI=1S/C26H19BrClFN2O5/c1-2-35-22-12-15(11-20(27)23(22)36-14-16-6-3-4-9-21(16)28)10-19-24(32)30-26(34)31(25(19)33)18-8-5-7-17(29)13-18/h3-13H,2,14H2,1H3,(H,30,32,34)/b19-10+. The number of anilines is 1. The van der Waals surface area contributed by atoms with Crippen LogP contribution in [0.4, 0.5) is 14.9 Å². The fourth-order valence-electron chi connectivity index (χ4n) is 3.51. The van der Waals surface area contributed by atoms with Gasteiger partial charge in [-0.25, -0.2) is 14.1 Å². The van der Waals surface area contributed by atoms with Crippen molar-refractivity contribution >= 4 is 57.1 Å². The van der Waals surface area contributed by atoms with Crippen molar-refractivity contribution in [1.82, 2.24) is 5.32 Å². The van der Waals surface area contributed by atoms with Gasteiger partial charge in [-0.3, -0.25) is 14.9 Å². The lowest BCUT2D eigenvalue weighted by Crippen LogP contribution is -2.54. The van der Waals surface area contributed by atoms with E-state index in [0.717, 1.165) is 11.6 Å². The summed E-state index contributed by atoms with van der Waals surface area (Å²) < 4.78 is 25.9. The lowest BCUT2D eigenvalue weighted by Gasteiger charge is -2.26. The molecule has 3 aromatic rings. The topological polar surface area (TPSA) is 84.9 Å². The van der Waals surface area contributed by atoms with Crippen molar-refractivity contribution in [1.29, 1.82) is 0 Å². The first kappa shape index (κ1) is 25.4. The maximum Gasteiger partial charge on any atom is 0.335 e. The third-order valence-electron chi connectivity index (χ3n) is 5.14. The zero-order chi connectivity index (χ0) is 25.8. The van der Waals surface area contributed by atoms with E-state index in [1.54, 1.807) is 25.1 Å². The molecule has 0 saturated carbocycles. The minimum atomic E-state index is -0.966. The number of imide groups is 2. The second-order valence-corrected chi connectivity index (χ2v) is 8.84. The number of carbonyl (C=O) groups is 3. The highest BCUT2D eigenvalue weighted by molar-refractivity contribution is 9.10. The molecular weight excluding hydrogens is 555 g/mol. The third-order valence-corrected chi connectivity index (χ3v) is 6.10. The molecule has 0 radical (unpaired) electrons. The number of ether oxygens (including phenoxy) is 2. The van der Waals surface area contributed by atoms with Gasteiger partial charge in [-0.15, -0.1) is 0 Å². The number of urea groups is 1. The van der Waals surface area contributed by atoms with Crippen molar-refractivity contribution in [3.05, 3.63) is 92.7 Å². The molecule has 0 aliphatic carbocycles. The van der Waals surface area contributed by atoms with Crippen LogP contribution in [0.2, 0.25) is 5.02 Å². The Morgan fingerprint density at radius 2 is 1.83 bits per heavy atom. The molecule has 4 amide bonds. The summed E-state index contributed by atoms with van der Waals surface area (Å²) in [5.74, 6) is -1.61. The molecule has 0 unspecified atom stereocenters. The van der Waals surface area contributed by atoms with Crippen LogP contribution in [0, 0.1) is 5.82 Å². The van der Waals surface area contributed by atoms with Crippen molar-refractivity contribution < 1.29 is 28.2 Å². The first-order valence-electron chi connectivity index (χ1n) is 10.8. The van der Waals surface area contributed by atoms with Crippen LogP contribution in [0.25, 0.3) is 6.08 Å². The molecule has 1 saturated heterocycles. The molecule has 7 nitrogen and oxygen atoms in total. The van der Waals surface area contributed by atoms with Gasteiger partial charge in [0.1, 0.15) is 18.0 Å². The average molecular weight is 574 g/mol. The molecule has 0 bridgehead atoms. The number of nitrogens with one attached hydrogen (secondary N) is 1. The van der Waals surface area contributed by atoms with Crippen LogP contribution >= 0.6 is 27.5 Å². The Bertz CT molecular complexity index is 1390. The van der Waals surface area contributed by atoms with Gasteiger partial charge in [-0.1, -0.05) is 35.9 Å². The number of rotatable bonds is 7. The largest absolute Gasteiger partial charge is 0.490 e. The van der Waals surface area contributed by atoms with Crippen molar-refractivity contribution in [3.63, 3.8) is 0 Å². The molecule has 3 aromatic carbocycles. The van der Waals surface area contributed by atoms with Gasteiger partial charge < -0.3 is 9.47 Å². The molecule has 1 aliphatic rings. The van der Waals surface area contributed by atoms with Crippen LogP contribution in [0.3, 0.4) is 0 Å². The summed E-state index contributed by atoms with van der Waals surface area (Å²) in [6.07, 6.45) is 1.32. The molecule has 36 heavy (non-hydrogen) atoms. The summed E-state index contributed by atoms with van der Waals surface area (Å²) in [7, 11) is 0. The van der Waals surface area contributed by atoms with Gasteiger partial charge in [0.15, 0.2) is 11.5 Å². The van der Waals surface area contributed by atoms with Crippen molar-refractivity contribution in [3.8, 4) is 11.5 Å². The molecule has 184 valence electrons. The predicted octanol–water partition coefficient (Wildman–Crippen LogP) is 5.89. The predicted molar refractivity (Wildman–Crippen MR) is 136 cm³/mol. The molecule has 0 spiro atoms. The first-order chi connectivity index (χ1) is 17.3. The Kier molecular flexibility index (Phi) is 7.71. The molecular formula is C26H19BrClFN2O5. The van der Waals surface area contributed by atoms with Gasteiger partial charge >= 0.3 is 6.03 Å². The van der Waals surface area contributed by atoms with E-state index in [1.165, 1.54) is 24.3 Å². The summed E-state index contributed by atoms with van der Waals surface area (Å²) in [4.78, 5) is 38.7. The number of carbonyl (C=O) groups excluding carboxylic acids is 3. The van der Waals surface area contributed by atoms with Gasteiger partial charge in [0.2, 0.25) is 0 Å². The van der Waals surface area contributed by atoms with Crippen molar-refractivity contribution in [2.45, 2.75) is 13.5 Å². The number of barbiturate groups is 1. The Balaban J connectivity index is 1.67. The Labute approximate surface area is 219 Å². The van der Waals surface area contributed by atoms with E-state index in [0.29, 0.717) is 38.1 Å². The lowest BCUT2D eigenvalue weighted by atomic mass is 10.1. The van der Waals surface area contributed by atoms with Crippen LogP contribution in [-0.4, -0.2) is 24.5 Å². The normalized spacial score (nSPS) is 14.7. The van der Waals surface area contributed by atoms with Crippen molar-refractivity contribution in [2.24, 2.45) is 0 Å². The molecule has 1 heterocycles. The van der Waals surface area contributed by atoms with Gasteiger partial charge in [0.25, 0.3) is 11.8 Å². The summed E-state index contributed by atoms with van der Waals surface area (Å²) in [5, 5.41) is 2.68. The van der Waals surface area contributed by atoms with E-state index in [9.17, 15) is 18.8 Å². The van der Waals surface area contributed by atoms with Crippen LogP contribution in [0.5, 0.6) is 11.5 Å². The van der Waals surface area contributed by atoms with E-state index in [2.05, 4.69) is 21.2 Å². The molecule has 0 atom stereocenters. The fraction of sp³-hybridized carbons (Fsp3) is 0.115. The smallest absolute Gasteiger partial charge is 0.335 e. The first-order valence-corrected chi connectivity index (χ1v) is 11.9. The van der Waals surface area contributed by atoms with Gasteiger partial charge in [-0.05, 0) is 70.9 Å². The van der Waals surface area contributed by atoms with Crippen LogP contribution in [0.1, 0.15) is 18.1 Å². The van der Waals surface area contributed by atoms with Crippen LogP contribution in [0.15, 0.2) is 70.7 Å². The molecule has 1 fully saturated rings. The number of amides is 4. The highest BCUT2D eigenvalue weighted by Crippen LogP contribution is 2.38. The van der Waals surface area contributed by atoms with E-state index < -0.39 is 23.7 Å². The fourth-order valence-corrected chi connectivity index (χ4v) is 4.28. The van der Waals surface area contributed by atoms with Gasteiger partial charge in [-0.2, -0.15) is 0 Å². The van der Waals surface area contributed by atoms with Crippen LogP contribution < -0.4 is 19.7 Å². The Hall–Kier alpha value is -3.69. The second-order valence-electron chi connectivity index (χ2n) is 7.58. The molecule has 10 heteroatoms. The van der Waals surface area contributed by atoms with Crippen LogP contribution in [-0.2, 0) is 16.2 Å². The molecule has 1 aliphatic heterocycles. The van der Waals surface area contributed by atoms with E-state index in [4.69, 9.17) is 21.1 Å².